The molecule has 0 bridgehead atoms. The highest BCUT2D eigenvalue weighted by molar-refractivity contribution is 7.91. The van der Waals surface area contributed by atoms with E-state index in [4.69, 9.17) is 0 Å². The Bertz CT molecular complexity index is 954. The lowest BCUT2D eigenvalue weighted by Gasteiger charge is -2.35. The fraction of sp³-hybridized carbons (Fsp3) is 0.632. The number of piperidine rings is 1. The van der Waals surface area contributed by atoms with E-state index < -0.39 is 31.8 Å². The minimum atomic E-state index is -3.72. The van der Waals surface area contributed by atoms with Crippen LogP contribution in [-0.2, 0) is 19.9 Å². The van der Waals surface area contributed by atoms with Crippen LogP contribution in [0.15, 0.2) is 29.2 Å². The summed E-state index contributed by atoms with van der Waals surface area (Å²) in [4.78, 5) is 15.0. The van der Waals surface area contributed by atoms with E-state index in [0.717, 1.165) is 32.4 Å². The van der Waals surface area contributed by atoms with E-state index in [2.05, 4.69) is 14.9 Å². The lowest BCUT2D eigenvalue weighted by Crippen LogP contribution is -2.52. The molecule has 10 heteroatoms. The third-order valence-corrected chi connectivity index (χ3v) is 8.67. The predicted molar refractivity (Wildman–Crippen MR) is 111 cm³/mol. The normalized spacial score (nSPS) is 25.2. The predicted octanol–water partition coefficient (Wildman–Crippen LogP) is 0.755. The summed E-state index contributed by atoms with van der Waals surface area (Å²) in [6.45, 7) is 5.10. The van der Waals surface area contributed by atoms with Crippen molar-refractivity contribution < 1.29 is 21.6 Å². The van der Waals surface area contributed by atoms with Crippen LogP contribution in [0, 0.1) is 0 Å². The van der Waals surface area contributed by atoms with Gasteiger partial charge < -0.3 is 5.32 Å². The van der Waals surface area contributed by atoms with Gasteiger partial charge >= 0.3 is 0 Å². The van der Waals surface area contributed by atoms with E-state index in [-0.39, 0.29) is 34.0 Å². The molecule has 1 amide bonds. The number of rotatable bonds is 6. The SMILES string of the molecule is CC(C)NS(=O)(=O)c1cccc(C(=O)NC2CS(=O)(=O)CC2N2CCCCC2)c1. The standard InChI is InChI=1S/C19H29N3O5S2/c1-14(2)21-29(26,27)16-8-6-7-15(11-16)19(23)20-17-12-28(24,25)13-18(17)22-9-4-3-5-10-22/h6-8,11,14,17-18,21H,3-5,9-10,12-13H2,1-2H3,(H,20,23). The van der Waals surface area contributed by atoms with Gasteiger partial charge in [0.25, 0.3) is 5.91 Å². The molecule has 2 saturated heterocycles. The lowest BCUT2D eigenvalue weighted by atomic mass is 10.0. The number of likely N-dealkylation sites (tertiary alicyclic amines) is 1. The molecule has 162 valence electrons. The minimum Gasteiger partial charge on any atom is -0.347 e. The topological polar surface area (TPSA) is 113 Å². The van der Waals surface area contributed by atoms with E-state index in [0.29, 0.717) is 0 Å². The van der Waals surface area contributed by atoms with Gasteiger partial charge in [0.1, 0.15) is 0 Å². The summed E-state index contributed by atoms with van der Waals surface area (Å²) in [5.41, 5.74) is 0.193. The zero-order valence-corrected chi connectivity index (χ0v) is 18.4. The van der Waals surface area contributed by atoms with Gasteiger partial charge in [-0.05, 0) is 58.0 Å². The van der Waals surface area contributed by atoms with Crippen molar-refractivity contribution in [2.45, 2.75) is 56.1 Å². The van der Waals surface area contributed by atoms with E-state index in [1.165, 1.54) is 24.3 Å². The molecule has 0 saturated carbocycles. The molecular formula is C19H29N3O5S2. The molecule has 2 N–H and O–H groups in total. The van der Waals surface area contributed by atoms with Crippen LogP contribution in [0.25, 0.3) is 0 Å². The lowest BCUT2D eigenvalue weighted by molar-refractivity contribution is 0.0900. The van der Waals surface area contributed by atoms with Gasteiger partial charge in [0.15, 0.2) is 9.84 Å². The molecule has 2 unspecified atom stereocenters. The quantitative estimate of drug-likeness (QED) is 0.671. The minimum absolute atomic E-state index is 0.00507. The molecule has 2 aliphatic rings. The summed E-state index contributed by atoms with van der Waals surface area (Å²) in [5, 5.41) is 2.84. The summed E-state index contributed by atoms with van der Waals surface area (Å²) >= 11 is 0. The highest BCUT2D eigenvalue weighted by Crippen LogP contribution is 2.23. The van der Waals surface area contributed by atoms with Crippen molar-refractivity contribution in [2.24, 2.45) is 0 Å². The Morgan fingerprint density at radius 3 is 2.48 bits per heavy atom. The van der Waals surface area contributed by atoms with Crippen molar-refractivity contribution in [3.8, 4) is 0 Å². The number of nitrogens with zero attached hydrogens (tertiary/aromatic N) is 1. The average Bonchev–Trinajstić information content (AvgIpc) is 2.96. The molecule has 2 heterocycles. The molecule has 0 aromatic heterocycles. The first-order valence-electron chi connectivity index (χ1n) is 9.95. The summed E-state index contributed by atoms with van der Waals surface area (Å²) in [6, 6.07) is 4.78. The van der Waals surface area contributed by atoms with Gasteiger partial charge in [-0.2, -0.15) is 0 Å². The van der Waals surface area contributed by atoms with Gasteiger partial charge in [-0.1, -0.05) is 12.5 Å². The number of carbonyl (C=O) groups is 1. The molecule has 8 nitrogen and oxygen atoms in total. The number of sulfone groups is 1. The first-order chi connectivity index (χ1) is 13.6. The Balaban J connectivity index is 1.77. The second kappa shape index (κ2) is 8.71. The second-order valence-corrected chi connectivity index (χ2v) is 12.0. The molecule has 0 radical (unpaired) electrons. The largest absolute Gasteiger partial charge is 0.347 e. The van der Waals surface area contributed by atoms with E-state index in [9.17, 15) is 21.6 Å². The summed E-state index contributed by atoms with van der Waals surface area (Å²) in [6.07, 6.45) is 3.19. The number of sulfonamides is 1. The molecule has 2 atom stereocenters. The Kier molecular flexibility index (Phi) is 6.67. The van der Waals surface area contributed by atoms with Gasteiger partial charge in [-0.15, -0.1) is 0 Å². The Labute approximate surface area is 173 Å². The number of hydrogen-bond acceptors (Lipinski definition) is 6. The maximum Gasteiger partial charge on any atom is 0.251 e. The smallest absolute Gasteiger partial charge is 0.251 e. The summed E-state index contributed by atoms with van der Waals surface area (Å²) in [5.74, 6) is -0.506. The van der Waals surface area contributed by atoms with E-state index in [1.54, 1.807) is 13.8 Å². The maximum absolute atomic E-state index is 12.8. The van der Waals surface area contributed by atoms with Crippen molar-refractivity contribution >= 4 is 25.8 Å². The number of benzene rings is 1. The molecule has 3 rings (SSSR count). The fourth-order valence-electron chi connectivity index (χ4n) is 4.01. The van der Waals surface area contributed by atoms with Crippen LogP contribution in [0.2, 0.25) is 0 Å². The van der Waals surface area contributed by atoms with E-state index >= 15 is 0 Å². The average molecular weight is 444 g/mol. The first-order valence-corrected chi connectivity index (χ1v) is 13.3. The molecule has 29 heavy (non-hydrogen) atoms. The third-order valence-electron chi connectivity index (χ3n) is 5.30. The third kappa shape index (κ3) is 5.56. The van der Waals surface area contributed by atoms with Gasteiger partial charge in [0.2, 0.25) is 10.0 Å². The Hall–Kier alpha value is -1.49. The van der Waals surface area contributed by atoms with Crippen LogP contribution < -0.4 is 10.0 Å². The highest BCUT2D eigenvalue weighted by atomic mass is 32.2. The maximum atomic E-state index is 12.8. The van der Waals surface area contributed by atoms with Gasteiger partial charge in [-0.25, -0.2) is 21.6 Å². The molecular weight excluding hydrogens is 414 g/mol. The van der Waals surface area contributed by atoms with Gasteiger partial charge in [0.05, 0.1) is 22.4 Å². The number of amides is 1. The van der Waals surface area contributed by atoms with Crippen molar-refractivity contribution in [3.63, 3.8) is 0 Å². The molecule has 2 aliphatic heterocycles. The van der Waals surface area contributed by atoms with Crippen LogP contribution in [0.4, 0.5) is 0 Å². The fourth-order valence-corrected chi connectivity index (χ4v) is 7.26. The van der Waals surface area contributed by atoms with Gasteiger partial charge in [0, 0.05) is 17.6 Å². The van der Waals surface area contributed by atoms with Gasteiger partial charge in [-0.3, -0.25) is 9.69 Å². The zero-order chi connectivity index (χ0) is 21.2. The van der Waals surface area contributed by atoms with Crippen molar-refractivity contribution in [1.29, 1.82) is 0 Å². The Morgan fingerprint density at radius 2 is 1.83 bits per heavy atom. The van der Waals surface area contributed by atoms with Crippen molar-refractivity contribution in [2.75, 3.05) is 24.6 Å². The Morgan fingerprint density at radius 1 is 1.14 bits per heavy atom. The van der Waals surface area contributed by atoms with E-state index in [1.807, 2.05) is 0 Å². The van der Waals surface area contributed by atoms with Crippen LogP contribution in [-0.4, -0.2) is 70.4 Å². The van der Waals surface area contributed by atoms with Crippen molar-refractivity contribution in [3.05, 3.63) is 29.8 Å². The highest BCUT2D eigenvalue weighted by Gasteiger charge is 2.42. The number of carbonyl (C=O) groups excluding carboxylic acids is 1. The number of hydrogen-bond donors (Lipinski definition) is 2. The molecule has 1 aromatic carbocycles. The molecule has 0 aliphatic carbocycles. The van der Waals surface area contributed by atoms with Crippen LogP contribution >= 0.6 is 0 Å². The van der Waals surface area contributed by atoms with Crippen LogP contribution in [0.3, 0.4) is 0 Å². The number of nitrogens with one attached hydrogen (secondary N) is 2. The van der Waals surface area contributed by atoms with Crippen LogP contribution in [0.1, 0.15) is 43.5 Å². The molecule has 0 spiro atoms. The first kappa shape index (κ1) is 22.2. The zero-order valence-electron chi connectivity index (χ0n) is 16.8. The van der Waals surface area contributed by atoms with Crippen LogP contribution in [0.5, 0.6) is 0 Å². The monoisotopic (exact) mass is 443 g/mol. The van der Waals surface area contributed by atoms with Crippen molar-refractivity contribution in [1.82, 2.24) is 14.9 Å². The molecule has 2 fully saturated rings. The summed E-state index contributed by atoms with van der Waals surface area (Å²) in [7, 11) is -6.95. The second-order valence-electron chi connectivity index (χ2n) is 8.12. The molecule has 1 aromatic rings. The summed E-state index contributed by atoms with van der Waals surface area (Å²) < 4.78 is 51.7.